The quantitative estimate of drug-likeness (QED) is 0.889. The molecule has 2 rings (SSSR count). The van der Waals surface area contributed by atoms with Crippen molar-refractivity contribution in [2.75, 3.05) is 21.2 Å². The zero-order chi connectivity index (χ0) is 13.5. The third-order valence-electron chi connectivity index (χ3n) is 3.83. The summed E-state index contributed by atoms with van der Waals surface area (Å²) in [5.41, 5.74) is 10.0. The van der Waals surface area contributed by atoms with Crippen LogP contribution in [0.3, 0.4) is 0 Å². The molecule has 3 heteroatoms. The molecule has 0 amide bonds. The van der Waals surface area contributed by atoms with Gasteiger partial charge in [-0.3, -0.25) is 0 Å². The molecule has 0 saturated heterocycles. The van der Waals surface area contributed by atoms with Gasteiger partial charge in [-0.1, -0.05) is 17.7 Å². The summed E-state index contributed by atoms with van der Waals surface area (Å²) in [7, 11) is 5.92. The van der Waals surface area contributed by atoms with Gasteiger partial charge in [-0.15, -0.1) is 0 Å². The third kappa shape index (κ3) is 2.25. The third-order valence-corrected chi connectivity index (χ3v) is 3.83. The van der Waals surface area contributed by atoms with E-state index in [1.165, 1.54) is 16.7 Å². The molecule has 18 heavy (non-hydrogen) atoms. The summed E-state index contributed by atoms with van der Waals surface area (Å²) in [5, 5.41) is 0. The average molecular weight is 248 g/mol. The second-order valence-corrected chi connectivity index (χ2v) is 5.80. The first kappa shape index (κ1) is 13.4. The molecule has 1 unspecified atom stereocenters. The van der Waals surface area contributed by atoms with Crippen LogP contribution in [0.15, 0.2) is 12.1 Å². The van der Waals surface area contributed by atoms with E-state index in [-0.39, 0.29) is 11.6 Å². The molecule has 0 aromatic heterocycles. The predicted molar refractivity (Wildman–Crippen MR) is 75.0 cm³/mol. The first-order chi connectivity index (χ1) is 8.39. The summed E-state index contributed by atoms with van der Waals surface area (Å²) >= 11 is 0. The topological polar surface area (TPSA) is 38.5 Å². The second kappa shape index (κ2) is 4.56. The molecule has 0 heterocycles. The Kier molecular flexibility index (Phi) is 3.39. The van der Waals surface area contributed by atoms with Crippen molar-refractivity contribution in [3.63, 3.8) is 0 Å². The predicted octanol–water partition coefficient (Wildman–Crippen LogP) is 2.41. The van der Waals surface area contributed by atoms with Crippen LogP contribution >= 0.6 is 0 Å². The molecule has 1 aromatic rings. The molecule has 0 aliphatic heterocycles. The van der Waals surface area contributed by atoms with Crippen molar-refractivity contribution in [1.29, 1.82) is 0 Å². The van der Waals surface area contributed by atoms with E-state index in [0.29, 0.717) is 0 Å². The van der Waals surface area contributed by atoms with Crippen LogP contribution in [0.2, 0.25) is 0 Å². The molecule has 1 saturated carbocycles. The van der Waals surface area contributed by atoms with Crippen LogP contribution in [0.4, 0.5) is 0 Å². The molecule has 1 aliphatic carbocycles. The zero-order valence-electron chi connectivity index (χ0n) is 12.1. The monoisotopic (exact) mass is 248 g/mol. The molecule has 1 aliphatic rings. The Morgan fingerprint density at radius 3 is 2.33 bits per heavy atom. The molecule has 2 N–H and O–H groups in total. The summed E-state index contributed by atoms with van der Waals surface area (Å²) in [4.78, 5) is 2.21. The summed E-state index contributed by atoms with van der Waals surface area (Å²) in [6, 6.07) is 4.60. The van der Waals surface area contributed by atoms with E-state index in [1.807, 2.05) is 0 Å². The number of rotatable bonds is 4. The van der Waals surface area contributed by atoms with Crippen molar-refractivity contribution in [3.05, 3.63) is 28.8 Å². The van der Waals surface area contributed by atoms with Crippen LogP contribution < -0.4 is 10.5 Å². The van der Waals surface area contributed by atoms with E-state index in [9.17, 15) is 0 Å². The number of aryl methyl sites for hydroxylation is 2. The summed E-state index contributed by atoms with van der Waals surface area (Å²) in [6.45, 7) is 4.22. The molecular formula is C15H24N2O. The molecular weight excluding hydrogens is 224 g/mol. The Morgan fingerprint density at radius 2 is 1.89 bits per heavy atom. The number of hydrogen-bond acceptors (Lipinski definition) is 3. The summed E-state index contributed by atoms with van der Waals surface area (Å²) in [6.07, 6.45) is 2.18. The normalized spacial score (nSPS) is 18.8. The van der Waals surface area contributed by atoms with Gasteiger partial charge < -0.3 is 15.4 Å². The molecule has 0 spiro atoms. The van der Waals surface area contributed by atoms with Crippen molar-refractivity contribution in [2.24, 2.45) is 5.73 Å². The van der Waals surface area contributed by atoms with E-state index in [4.69, 9.17) is 10.5 Å². The highest BCUT2D eigenvalue weighted by atomic mass is 16.5. The van der Waals surface area contributed by atoms with Gasteiger partial charge in [0.25, 0.3) is 0 Å². The van der Waals surface area contributed by atoms with E-state index >= 15 is 0 Å². The molecule has 0 radical (unpaired) electrons. The second-order valence-electron chi connectivity index (χ2n) is 5.80. The maximum absolute atomic E-state index is 6.45. The number of nitrogens with two attached hydrogens (primary N) is 1. The Balaban J connectivity index is 2.53. The van der Waals surface area contributed by atoms with Crippen molar-refractivity contribution in [1.82, 2.24) is 4.90 Å². The van der Waals surface area contributed by atoms with Gasteiger partial charge in [0, 0.05) is 11.1 Å². The van der Waals surface area contributed by atoms with E-state index in [1.54, 1.807) is 7.11 Å². The molecule has 0 bridgehead atoms. The number of ether oxygens (including phenoxy) is 1. The van der Waals surface area contributed by atoms with Gasteiger partial charge >= 0.3 is 0 Å². The minimum atomic E-state index is -0.0863. The number of methoxy groups -OCH3 is 1. The Labute approximate surface area is 110 Å². The van der Waals surface area contributed by atoms with E-state index < -0.39 is 0 Å². The smallest absolute Gasteiger partial charge is 0.126 e. The van der Waals surface area contributed by atoms with Gasteiger partial charge in [-0.05, 0) is 46.3 Å². The largest absolute Gasteiger partial charge is 0.496 e. The van der Waals surface area contributed by atoms with Crippen molar-refractivity contribution >= 4 is 0 Å². The highest BCUT2D eigenvalue weighted by Crippen LogP contribution is 2.48. The first-order valence-electron chi connectivity index (χ1n) is 6.49. The van der Waals surface area contributed by atoms with Crippen LogP contribution in [0, 0.1) is 13.8 Å². The van der Waals surface area contributed by atoms with Crippen molar-refractivity contribution in [2.45, 2.75) is 38.3 Å². The number of nitrogens with zero attached hydrogens (tertiary/aromatic N) is 1. The maximum atomic E-state index is 6.45. The highest BCUT2D eigenvalue weighted by Gasteiger charge is 2.48. The minimum Gasteiger partial charge on any atom is -0.496 e. The lowest BCUT2D eigenvalue weighted by Crippen LogP contribution is -2.39. The zero-order valence-corrected chi connectivity index (χ0v) is 12.1. The Bertz CT molecular complexity index is 450. The van der Waals surface area contributed by atoms with Gasteiger partial charge in [0.1, 0.15) is 5.75 Å². The van der Waals surface area contributed by atoms with Crippen LogP contribution in [-0.4, -0.2) is 31.6 Å². The fourth-order valence-electron chi connectivity index (χ4n) is 2.99. The fraction of sp³-hybridized carbons (Fsp3) is 0.600. The molecule has 100 valence electrons. The Hall–Kier alpha value is -1.06. The van der Waals surface area contributed by atoms with Gasteiger partial charge in [-0.25, -0.2) is 0 Å². The molecule has 3 nitrogen and oxygen atoms in total. The molecule has 1 atom stereocenters. The van der Waals surface area contributed by atoms with Gasteiger partial charge in [0.2, 0.25) is 0 Å². The standard InChI is InChI=1S/C15H24N2O/c1-10-8-11(2)13(18-5)12(9-10)14(17(3)4)15(16)6-7-15/h8-9,14H,6-7,16H2,1-5H3. The lowest BCUT2D eigenvalue weighted by atomic mass is 9.92. The maximum Gasteiger partial charge on any atom is 0.126 e. The molecule has 1 fully saturated rings. The van der Waals surface area contributed by atoms with Crippen molar-refractivity contribution < 1.29 is 4.74 Å². The lowest BCUT2D eigenvalue weighted by molar-refractivity contribution is 0.238. The van der Waals surface area contributed by atoms with E-state index in [2.05, 4.69) is 45.0 Å². The van der Waals surface area contributed by atoms with Gasteiger partial charge in [0.05, 0.1) is 13.2 Å². The highest BCUT2D eigenvalue weighted by molar-refractivity contribution is 5.47. The lowest BCUT2D eigenvalue weighted by Gasteiger charge is -2.32. The van der Waals surface area contributed by atoms with Crippen LogP contribution in [0.25, 0.3) is 0 Å². The summed E-state index contributed by atoms with van der Waals surface area (Å²) < 4.78 is 5.60. The van der Waals surface area contributed by atoms with Crippen LogP contribution in [-0.2, 0) is 0 Å². The van der Waals surface area contributed by atoms with Crippen molar-refractivity contribution in [3.8, 4) is 5.75 Å². The first-order valence-corrected chi connectivity index (χ1v) is 6.49. The Morgan fingerprint density at radius 1 is 1.28 bits per heavy atom. The average Bonchev–Trinajstić information content (AvgIpc) is 2.95. The van der Waals surface area contributed by atoms with Gasteiger partial charge in [0.15, 0.2) is 0 Å². The summed E-state index contributed by atoms with van der Waals surface area (Å²) in [5.74, 6) is 0.982. The fourth-order valence-corrected chi connectivity index (χ4v) is 2.99. The SMILES string of the molecule is COc1c(C)cc(C)cc1C(N(C)C)C1(N)CC1. The molecule has 1 aromatic carbocycles. The van der Waals surface area contributed by atoms with Crippen LogP contribution in [0.5, 0.6) is 5.75 Å². The minimum absolute atomic E-state index is 0.0863. The number of likely N-dealkylation sites (N-methyl/N-ethyl adjacent to an activating group) is 1. The number of hydrogen-bond donors (Lipinski definition) is 1. The van der Waals surface area contributed by atoms with E-state index in [0.717, 1.165) is 18.6 Å². The van der Waals surface area contributed by atoms with Gasteiger partial charge in [-0.2, -0.15) is 0 Å². The number of benzene rings is 1. The van der Waals surface area contributed by atoms with Crippen LogP contribution in [0.1, 0.15) is 35.6 Å².